The minimum absolute atomic E-state index is 0.156. The summed E-state index contributed by atoms with van der Waals surface area (Å²) in [4.78, 5) is 11.7. The summed E-state index contributed by atoms with van der Waals surface area (Å²) in [5.74, 6) is -0.156. The summed E-state index contributed by atoms with van der Waals surface area (Å²) in [6.45, 7) is 3.30. The first-order valence-electron chi connectivity index (χ1n) is 4.11. The Kier molecular flexibility index (Phi) is 3.20. The number of Topliss-reactive ketones (excluding diaryl/α,β-unsaturated/α-hetero) is 1. The topological polar surface area (TPSA) is 43.1 Å². The van der Waals surface area contributed by atoms with Gasteiger partial charge in [0.25, 0.3) is 0 Å². The number of benzene rings is 1. The summed E-state index contributed by atoms with van der Waals surface area (Å²) in [7, 11) is 0. The highest BCUT2D eigenvalue weighted by atomic mass is 35.5. The van der Waals surface area contributed by atoms with E-state index in [1.54, 1.807) is 26.0 Å². The van der Waals surface area contributed by atoms with Crippen LogP contribution in [-0.2, 0) is 0 Å². The van der Waals surface area contributed by atoms with Gasteiger partial charge in [-0.05, 0) is 32.0 Å². The average molecular weight is 232 g/mol. The Labute approximate surface area is 93.0 Å². The Morgan fingerprint density at radius 3 is 2.29 bits per heavy atom. The molecule has 76 valence electrons. The van der Waals surface area contributed by atoms with Gasteiger partial charge in [-0.2, -0.15) is 0 Å². The number of rotatable bonds is 2. The SMILES string of the molecule is CC(C)(N)C(=O)c1ccc(Cl)c(Cl)c1. The first kappa shape index (κ1) is 11.5. The third-order valence-corrected chi connectivity index (χ3v) is 2.51. The maximum Gasteiger partial charge on any atom is 0.182 e. The van der Waals surface area contributed by atoms with Crippen molar-refractivity contribution in [2.45, 2.75) is 19.4 Å². The summed E-state index contributed by atoms with van der Waals surface area (Å²) >= 11 is 11.5. The lowest BCUT2D eigenvalue weighted by atomic mass is 9.94. The fourth-order valence-electron chi connectivity index (χ4n) is 1.01. The van der Waals surface area contributed by atoms with E-state index in [2.05, 4.69) is 0 Å². The molecule has 0 amide bonds. The molecule has 1 rings (SSSR count). The maximum absolute atomic E-state index is 11.7. The number of ketones is 1. The van der Waals surface area contributed by atoms with E-state index in [4.69, 9.17) is 28.9 Å². The van der Waals surface area contributed by atoms with Gasteiger partial charge in [0.1, 0.15) is 0 Å². The molecule has 0 saturated carbocycles. The van der Waals surface area contributed by atoms with Crippen molar-refractivity contribution < 1.29 is 4.79 Å². The zero-order chi connectivity index (χ0) is 10.9. The van der Waals surface area contributed by atoms with Gasteiger partial charge in [0.2, 0.25) is 0 Å². The molecular formula is C10H11Cl2NO. The minimum atomic E-state index is -0.892. The molecule has 0 aliphatic rings. The van der Waals surface area contributed by atoms with Crippen molar-refractivity contribution in [1.82, 2.24) is 0 Å². The average Bonchev–Trinajstić information content (AvgIpc) is 2.07. The Bertz CT molecular complexity index is 369. The Morgan fingerprint density at radius 2 is 1.86 bits per heavy atom. The maximum atomic E-state index is 11.7. The molecule has 0 atom stereocenters. The van der Waals surface area contributed by atoms with E-state index < -0.39 is 5.54 Å². The van der Waals surface area contributed by atoms with Crippen LogP contribution in [0.15, 0.2) is 18.2 Å². The molecular weight excluding hydrogens is 221 g/mol. The molecule has 4 heteroatoms. The molecule has 1 aromatic rings. The van der Waals surface area contributed by atoms with Crippen LogP contribution in [0.2, 0.25) is 10.0 Å². The second-order valence-electron chi connectivity index (χ2n) is 3.68. The molecule has 14 heavy (non-hydrogen) atoms. The zero-order valence-electron chi connectivity index (χ0n) is 7.97. The van der Waals surface area contributed by atoms with Gasteiger partial charge in [-0.25, -0.2) is 0 Å². The third-order valence-electron chi connectivity index (χ3n) is 1.77. The van der Waals surface area contributed by atoms with Crippen LogP contribution < -0.4 is 5.73 Å². The van der Waals surface area contributed by atoms with Crippen molar-refractivity contribution in [1.29, 1.82) is 0 Å². The molecule has 0 unspecified atom stereocenters. The molecule has 2 nitrogen and oxygen atoms in total. The molecule has 0 heterocycles. The van der Waals surface area contributed by atoms with Crippen molar-refractivity contribution >= 4 is 29.0 Å². The monoisotopic (exact) mass is 231 g/mol. The van der Waals surface area contributed by atoms with Gasteiger partial charge in [0.05, 0.1) is 15.6 Å². The van der Waals surface area contributed by atoms with Crippen LogP contribution in [-0.4, -0.2) is 11.3 Å². The number of hydrogen-bond acceptors (Lipinski definition) is 2. The van der Waals surface area contributed by atoms with E-state index in [0.717, 1.165) is 0 Å². The molecule has 2 N–H and O–H groups in total. The van der Waals surface area contributed by atoms with Crippen molar-refractivity contribution in [3.05, 3.63) is 33.8 Å². The van der Waals surface area contributed by atoms with Gasteiger partial charge < -0.3 is 5.73 Å². The van der Waals surface area contributed by atoms with Crippen molar-refractivity contribution in [3.8, 4) is 0 Å². The minimum Gasteiger partial charge on any atom is -0.319 e. The molecule has 1 aromatic carbocycles. The van der Waals surface area contributed by atoms with Crippen LogP contribution in [0.3, 0.4) is 0 Å². The van der Waals surface area contributed by atoms with Crippen LogP contribution in [0.1, 0.15) is 24.2 Å². The molecule has 0 aromatic heterocycles. The van der Waals surface area contributed by atoms with Gasteiger partial charge in [-0.1, -0.05) is 23.2 Å². The molecule has 0 aliphatic heterocycles. The summed E-state index contributed by atoms with van der Waals surface area (Å²) in [5.41, 5.74) is 5.26. The number of carbonyl (C=O) groups is 1. The van der Waals surface area contributed by atoms with Gasteiger partial charge >= 0.3 is 0 Å². The third kappa shape index (κ3) is 2.47. The fourth-order valence-corrected chi connectivity index (χ4v) is 1.31. The van der Waals surface area contributed by atoms with Crippen LogP contribution in [0, 0.1) is 0 Å². The van der Waals surface area contributed by atoms with Gasteiger partial charge in [-0.15, -0.1) is 0 Å². The number of nitrogens with two attached hydrogens (primary N) is 1. The molecule has 0 saturated heterocycles. The van der Waals surface area contributed by atoms with E-state index in [1.165, 1.54) is 6.07 Å². The highest BCUT2D eigenvalue weighted by Gasteiger charge is 2.23. The van der Waals surface area contributed by atoms with Gasteiger partial charge in [0, 0.05) is 5.56 Å². The Hall–Kier alpha value is -0.570. The molecule has 0 aliphatic carbocycles. The highest BCUT2D eigenvalue weighted by molar-refractivity contribution is 6.42. The number of halogens is 2. The van der Waals surface area contributed by atoms with Crippen LogP contribution in [0.5, 0.6) is 0 Å². The standard InChI is InChI=1S/C10H11Cl2NO/c1-10(2,13)9(14)6-3-4-7(11)8(12)5-6/h3-5H,13H2,1-2H3. The second kappa shape index (κ2) is 3.89. The largest absolute Gasteiger partial charge is 0.319 e. The zero-order valence-corrected chi connectivity index (χ0v) is 9.49. The first-order chi connectivity index (χ1) is 6.32. The van der Waals surface area contributed by atoms with Crippen LogP contribution >= 0.6 is 23.2 Å². The Balaban J connectivity index is 3.10. The van der Waals surface area contributed by atoms with E-state index >= 15 is 0 Å². The van der Waals surface area contributed by atoms with Crippen LogP contribution in [0.25, 0.3) is 0 Å². The summed E-state index contributed by atoms with van der Waals surface area (Å²) in [5, 5.41) is 0.791. The van der Waals surface area contributed by atoms with Crippen molar-refractivity contribution in [2.75, 3.05) is 0 Å². The second-order valence-corrected chi connectivity index (χ2v) is 4.49. The van der Waals surface area contributed by atoms with E-state index in [9.17, 15) is 4.79 Å². The quantitative estimate of drug-likeness (QED) is 0.796. The summed E-state index contributed by atoms with van der Waals surface area (Å²) in [6.07, 6.45) is 0. The van der Waals surface area contributed by atoms with E-state index in [1.807, 2.05) is 0 Å². The highest BCUT2D eigenvalue weighted by Crippen LogP contribution is 2.24. The van der Waals surface area contributed by atoms with Crippen molar-refractivity contribution in [3.63, 3.8) is 0 Å². The fraction of sp³-hybridized carbons (Fsp3) is 0.300. The first-order valence-corrected chi connectivity index (χ1v) is 4.86. The number of hydrogen-bond donors (Lipinski definition) is 1. The molecule has 0 radical (unpaired) electrons. The Morgan fingerprint density at radius 1 is 1.29 bits per heavy atom. The van der Waals surface area contributed by atoms with Gasteiger partial charge in [-0.3, -0.25) is 4.79 Å². The predicted octanol–water partition coefficient (Wildman–Crippen LogP) is 2.91. The smallest absolute Gasteiger partial charge is 0.182 e. The molecule has 0 spiro atoms. The van der Waals surface area contributed by atoms with Gasteiger partial charge in [0.15, 0.2) is 5.78 Å². The van der Waals surface area contributed by atoms with E-state index in [0.29, 0.717) is 15.6 Å². The van der Waals surface area contributed by atoms with Crippen LogP contribution in [0.4, 0.5) is 0 Å². The lowest BCUT2D eigenvalue weighted by Gasteiger charge is -2.16. The summed E-state index contributed by atoms with van der Waals surface area (Å²) in [6, 6.07) is 4.73. The summed E-state index contributed by atoms with van der Waals surface area (Å²) < 4.78 is 0. The lowest BCUT2D eigenvalue weighted by Crippen LogP contribution is -2.41. The normalized spacial score (nSPS) is 11.5. The van der Waals surface area contributed by atoms with E-state index in [-0.39, 0.29) is 5.78 Å². The lowest BCUT2D eigenvalue weighted by molar-refractivity contribution is 0.0913. The predicted molar refractivity (Wildman–Crippen MR) is 59.1 cm³/mol. The molecule has 0 fully saturated rings. The van der Waals surface area contributed by atoms with Crippen molar-refractivity contribution in [2.24, 2.45) is 5.73 Å². The molecule has 0 bridgehead atoms. The number of carbonyl (C=O) groups excluding carboxylic acids is 1.